The van der Waals surface area contributed by atoms with Gasteiger partial charge in [-0.05, 0) is 24.0 Å². The second-order valence-corrected chi connectivity index (χ2v) is 3.94. The summed E-state index contributed by atoms with van der Waals surface area (Å²) in [5.41, 5.74) is 2.03. The van der Waals surface area contributed by atoms with Crippen LogP contribution < -0.4 is 5.32 Å². The lowest BCUT2D eigenvalue weighted by Crippen LogP contribution is -2.16. The lowest BCUT2D eigenvalue weighted by Gasteiger charge is -2.09. The van der Waals surface area contributed by atoms with E-state index in [9.17, 15) is 4.79 Å². The van der Waals surface area contributed by atoms with E-state index in [1.165, 1.54) is 0 Å². The highest BCUT2D eigenvalue weighted by Crippen LogP contribution is 2.42. The molecule has 3 rings (SSSR count). The molecule has 14 heavy (non-hydrogen) atoms. The summed E-state index contributed by atoms with van der Waals surface area (Å²) in [6.45, 7) is 0. The van der Waals surface area contributed by atoms with Crippen LogP contribution in [0.25, 0.3) is 6.08 Å². The van der Waals surface area contributed by atoms with Gasteiger partial charge < -0.3 is 5.32 Å². The summed E-state index contributed by atoms with van der Waals surface area (Å²) in [5.74, 6) is 0.870. The van der Waals surface area contributed by atoms with Crippen molar-refractivity contribution in [2.24, 2.45) is 11.8 Å². The Morgan fingerprint density at radius 3 is 3.07 bits per heavy atom. The van der Waals surface area contributed by atoms with Gasteiger partial charge in [0.05, 0.1) is 0 Å². The molecular formula is C12H11NO. The highest BCUT2D eigenvalue weighted by atomic mass is 16.2. The first-order valence-corrected chi connectivity index (χ1v) is 4.93. The summed E-state index contributed by atoms with van der Waals surface area (Å²) in [5, 5.41) is 2.96. The molecule has 1 aliphatic carbocycles. The van der Waals surface area contributed by atoms with Crippen molar-refractivity contribution in [3.63, 3.8) is 0 Å². The molecule has 2 aliphatic rings. The SMILES string of the molecule is O=C1Nc2ccccc2/C=C\C2CC12. The number of allylic oxidation sites excluding steroid dienone is 1. The van der Waals surface area contributed by atoms with Crippen molar-refractivity contribution in [1.82, 2.24) is 0 Å². The van der Waals surface area contributed by atoms with Crippen LogP contribution in [0.1, 0.15) is 12.0 Å². The lowest BCUT2D eigenvalue weighted by molar-refractivity contribution is -0.117. The van der Waals surface area contributed by atoms with Crippen molar-refractivity contribution in [3.8, 4) is 0 Å². The van der Waals surface area contributed by atoms with Gasteiger partial charge in [0.25, 0.3) is 0 Å². The minimum atomic E-state index is 0.173. The number of benzene rings is 1. The second kappa shape index (κ2) is 2.71. The number of anilines is 1. The van der Waals surface area contributed by atoms with Crippen LogP contribution in [0.3, 0.4) is 0 Å². The zero-order valence-corrected chi connectivity index (χ0v) is 7.73. The average Bonchev–Trinajstić information content (AvgIpc) is 2.93. The molecule has 1 fully saturated rings. The Kier molecular flexibility index (Phi) is 1.51. The van der Waals surface area contributed by atoms with Gasteiger partial charge in [0.15, 0.2) is 0 Å². The van der Waals surface area contributed by atoms with E-state index < -0.39 is 0 Å². The Labute approximate surface area is 82.6 Å². The molecule has 0 spiro atoms. The second-order valence-electron chi connectivity index (χ2n) is 3.94. The van der Waals surface area contributed by atoms with Gasteiger partial charge in [-0.2, -0.15) is 0 Å². The van der Waals surface area contributed by atoms with Crippen molar-refractivity contribution >= 4 is 17.7 Å². The van der Waals surface area contributed by atoms with Gasteiger partial charge in [0, 0.05) is 11.6 Å². The van der Waals surface area contributed by atoms with Crippen LogP contribution in [0.2, 0.25) is 0 Å². The van der Waals surface area contributed by atoms with E-state index in [0.29, 0.717) is 5.92 Å². The maximum atomic E-state index is 11.6. The molecule has 0 bridgehead atoms. The maximum Gasteiger partial charge on any atom is 0.228 e. The Hall–Kier alpha value is -1.57. The number of carbonyl (C=O) groups excluding carboxylic acids is 1. The van der Waals surface area contributed by atoms with Crippen LogP contribution in [0.15, 0.2) is 30.3 Å². The van der Waals surface area contributed by atoms with Crippen molar-refractivity contribution < 1.29 is 4.79 Å². The fourth-order valence-corrected chi connectivity index (χ4v) is 1.94. The Morgan fingerprint density at radius 1 is 1.29 bits per heavy atom. The number of fused-ring (bicyclic) bond motifs is 2. The molecule has 2 unspecified atom stereocenters. The van der Waals surface area contributed by atoms with E-state index in [4.69, 9.17) is 0 Å². The molecule has 0 radical (unpaired) electrons. The van der Waals surface area contributed by atoms with Crippen LogP contribution in [0.4, 0.5) is 5.69 Å². The van der Waals surface area contributed by atoms with Crippen molar-refractivity contribution in [2.45, 2.75) is 6.42 Å². The highest BCUT2D eigenvalue weighted by molar-refractivity contribution is 5.97. The average molecular weight is 185 g/mol. The topological polar surface area (TPSA) is 29.1 Å². The molecule has 1 heterocycles. The molecule has 0 aromatic heterocycles. The van der Waals surface area contributed by atoms with Crippen molar-refractivity contribution in [2.75, 3.05) is 5.32 Å². The van der Waals surface area contributed by atoms with Crippen molar-refractivity contribution in [1.29, 1.82) is 0 Å². The van der Waals surface area contributed by atoms with Crippen LogP contribution in [-0.4, -0.2) is 5.91 Å². The summed E-state index contributed by atoms with van der Waals surface area (Å²) in [6.07, 6.45) is 5.28. The van der Waals surface area contributed by atoms with Crippen LogP contribution in [0.5, 0.6) is 0 Å². The van der Waals surface area contributed by atoms with E-state index in [-0.39, 0.29) is 11.8 Å². The first kappa shape index (κ1) is 7.80. The summed E-state index contributed by atoms with van der Waals surface area (Å²) in [4.78, 5) is 11.6. The summed E-state index contributed by atoms with van der Waals surface area (Å²) >= 11 is 0. The number of para-hydroxylation sites is 1. The Morgan fingerprint density at radius 2 is 2.14 bits per heavy atom. The zero-order chi connectivity index (χ0) is 9.54. The molecule has 1 aromatic rings. The van der Waals surface area contributed by atoms with Gasteiger partial charge in [-0.3, -0.25) is 4.79 Å². The monoisotopic (exact) mass is 185 g/mol. The van der Waals surface area contributed by atoms with Gasteiger partial charge in [-0.1, -0.05) is 30.4 Å². The predicted octanol–water partition coefficient (Wildman–Crippen LogP) is 2.29. The van der Waals surface area contributed by atoms with Gasteiger partial charge >= 0.3 is 0 Å². The predicted molar refractivity (Wildman–Crippen MR) is 55.7 cm³/mol. The normalized spacial score (nSPS) is 30.4. The Balaban J connectivity index is 2.06. The number of hydrogen-bond acceptors (Lipinski definition) is 1. The van der Waals surface area contributed by atoms with E-state index in [0.717, 1.165) is 17.7 Å². The molecule has 1 saturated carbocycles. The minimum Gasteiger partial charge on any atom is -0.325 e. The van der Waals surface area contributed by atoms with Crippen LogP contribution in [-0.2, 0) is 4.79 Å². The number of hydrogen-bond donors (Lipinski definition) is 1. The van der Waals surface area contributed by atoms with E-state index in [1.807, 2.05) is 24.3 Å². The lowest BCUT2D eigenvalue weighted by atomic mass is 10.1. The molecule has 1 amide bonds. The molecule has 2 heteroatoms. The third kappa shape index (κ3) is 1.15. The molecule has 1 N–H and O–H groups in total. The largest absolute Gasteiger partial charge is 0.325 e. The van der Waals surface area contributed by atoms with Gasteiger partial charge in [0.1, 0.15) is 0 Å². The molecule has 70 valence electrons. The van der Waals surface area contributed by atoms with Gasteiger partial charge in [0.2, 0.25) is 5.91 Å². The standard InChI is InChI=1S/C12H11NO/c14-12-10-7-9(10)6-5-8-3-1-2-4-11(8)13-12/h1-6,9-10H,7H2,(H,13,14)/b6-5-. The smallest absolute Gasteiger partial charge is 0.228 e. The maximum absolute atomic E-state index is 11.6. The van der Waals surface area contributed by atoms with E-state index in [2.05, 4.69) is 17.5 Å². The molecule has 2 atom stereocenters. The molecule has 1 aliphatic heterocycles. The molecule has 2 nitrogen and oxygen atoms in total. The van der Waals surface area contributed by atoms with E-state index in [1.54, 1.807) is 0 Å². The van der Waals surface area contributed by atoms with Crippen LogP contribution >= 0.6 is 0 Å². The third-order valence-electron chi connectivity index (χ3n) is 2.92. The summed E-state index contributed by atoms with van der Waals surface area (Å²) < 4.78 is 0. The highest BCUT2D eigenvalue weighted by Gasteiger charge is 2.41. The van der Waals surface area contributed by atoms with Crippen molar-refractivity contribution in [3.05, 3.63) is 35.9 Å². The zero-order valence-electron chi connectivity index (χ0n) is 7.73. The molecule has 1 aromatic carbocycles. The fourth-order valence-electron chi connectivity index (χ4n) is 1.94. The fraction of sp³-hybridized carbons (Fsp3) is 0.250. The molecule has 0 saturated heterocycles. The Bertz CT molecular complexity index is 422. The molecular weight excluding hydrogens is 174 g/mol. The number of nitrogens with one attached hydrogen (secondary N) is 1. The van der Waals surface area contributed by atoms with Gasteiger partial charge in [-0.15, -0.1) is 0 Å². The van der Waals surface area contributed by atoms with E-state index >= 15 is 0 Å². The quantitative estimate of drug-likeness (QED) is 0.660. The van der Waals surface area contributed by atoms with Gasteiger partial charge in [-0.25, -0.2) is 0 Å². The third-order valence-corrected chi connectivity index (χ3v) is 2.92. The number of rotatable bonds is 0. The minimum absolute atomic E-state index is 0.173. The number of carbonyl (C=O) groups is 1. The van der Waals surface area contributed by atoms with Crippen LogP contribution in [0, 0.1) is 11.8 Å². The summed E-state index contributed by atoms with van der Waals surface area (Å²) in [7, 11) is 0. The summed E-state index contributed by atoms with van der Waals surface area (Å²) in [6, 6.07) is 7.90. The number of amides is 1. The first-order chi connectivity index (χ1) is 6.84. The first-order valence-electron chi connectivity index (χ1n) is 4.93.